The van der Waals surface area contributed by atoms with Crippen LogP contribution in [-0.2, 0) is 4.79 Å². The normalized spacial score (nSPS) is 25.7. The zero-order valence-corrected chi connectivity index (χ0v) is 12.3. The predicted octanol–water partition coefficient (Wildman–Crippen LogP) is 2.85. The fourth-order valence-corrected chi connectivity index (χ4v) is 2.60. The second-order valence-corrected chi connectivity index (χ2v) is 5.84. The monoisotopic (exact) mass is 254 g/mol. The molecular weight excluding hydrogens is 224 g/mol. The summed E-state index contributed by atoms with van der Waals surface area (Å²) in [6.45, 7) is 7.30. The Bertz CT molecular complexity index is 235. The zero-order valence-electron chi connectivity index (χ0n) is 12.3. The van der Waals surface area contributed by atoms with Gasteiger partial charge in [0, 0.05) is 12.6 Å². The van der Waals surface area contributed by atoms with Gasteiger partial charge in [-0.25, -0.2) is 0 Å². The molecule has 18 heavy (non-hydrogen) atoms. The van der Waals surface area contributed by atoms with Crippen molar-refractivity contribution in [2.24, 2.45) is 5.92 Å². The molecule has 1 aliphatic carbocycles. The minimum absolute atomic E-state index is 0.0509. The molecule has 0 heterocycles. The molecular formula is C15H30N2O. The van der Waals surface area contributed by atoms with Crippen LogP contribution in [0, 0.1) is 5.92 Å². The smallest absolute Gasteiger partial charge is 0.236 e. The van der Waals surface area contributed by atoms with Crippen LogP contribution in [-0.4, -0.2) is 24.5 Å². The van der Waals surface area contributed by atoms with E-state index in [-0.39, 0.29) is 11.9 Å². The summed E-state index contributed by atoms with van der Waals surface area (Å²) < 4.78 is 0. The first-order valence-electron chi connectivity index (χ1n) is 7.67. The predicted molar refractivity (Wildman–Crippen MR) is 76.6 cm³/mol. The molecule has 3 nitrogen and oxygen atoms in total. The molecule has 1 fully saturated rings. The van der Waals surface area contributed by atoms with Crippen LogP contribution in [0.5, 0.6) is 0 Å². The minimum Gasteiger partial charge on any atom is -0.355 e. The Morgan fingerprint density at radius 3 is 2.50 bits per heavy atom. The first-order chi connectivity index (χ1) is 8.63. The molecule has 1 atom stereocenters. The molecule has 1 unspecified atom stereocenters. The van der Waals surface area contributed by atoms with E-state index in [0.29, 0.717) is 6.04 Å². The molecule has 1 rings (SSSR count). The van der Waals surface area contributed by atoms with Crippen LogP contribution in [0.1, 0.15) is 65.7 Å². The first kappa shape index (κ1) is 15.5. The molecule has 2 N–H and O–H groups in total. The quantitative estimate of drug-likeness (QED) is 0.686. The van der Waals surface area contributed by atoms with Gasteiger partial charge in [0.1, 0.15) is 0 Å². The largest absolute Gasteiger partial charge is 0.355 e. The highest BCUT2D eigenvalue weighted by atomic mass is 16.2. The van der Waals surface area contributed by atoms with Crippen molar-refractivity contribution in [2.75, 3.05) is 6.54 Å². The van der Waals surface area contributed by atoms with Crippen molar-refractivity contribution in [1.82, 2.24) is 10.6 Å². The Morgan fingerprint density at radius 1 is 1.22 bits per heavy atom. The van der Waals surface area contributed by atoms with Crippen LogP contribution in [0.2, 0.25) is 0 Å². The van der Waals surface area contributed by atoms with Crippen LogP contribution in [0.3, 0.4) is 0 Å². The molecule has 0 aromatic rings. The number of unbranched alkanes of at least 4 members (excludes halogenated alkanes) is 2. The second-order valence-electron chi connectivity index (χ2n) is 5.84. The van der Waals surface area contributed by atoms with Crippen LogP contribution in [0.25, 0.3) is 0 Å². The summed E-state index contributed by atoms with van der Waals surface area (Å²) in [5.74, 6) is 1.02. The van der Waals surface area contributed by atoms with Gasteiger partial charge in [-0.3, -0.25) is 4.79 Å². The van der Waals surface area contributed by atoms with Gasteiger partial charge in [0.25, 0.3) is 0 Å². The average Bonchev–Trinajstić information content (AvgIpc) is 2.37. The van der Waals surface area contributed by atoms with Gasteiger partial charge in [-0.15, -0.1) is 0 Å². The molecule has 0 radical (unpaired) electrons. The van der Waals surface area contributed by atoms with Crippen molar-refractivity contribution in [3.05, 3.63) is 0 Å². The Hall–Kier alpha value is -0.570. The van der Waals surface area contributed by atoms with Crippen LogP contribution < -0.4 is 10.6 Å². The van der Waals surface area contributed by atoms with Crippen molar-refractivity contribution in [3.63, 3.8) is 0 Å². The summed E-state index contributed by atoms with van der Waals surface area (Å²) in [5, 5.41) is 6.48. The van der Waals surface area contributed by atoms with Crippen molar-refractivity contribution in [2.45, 2.75) is 77.8 Å². The van der Waals surface area contributed by atoms with E-state index in [1.807, 2.05) is 6.92 Å². The lowest BCUT2D eigenvalue weighted by Gasteiger charge is -2.29. The lowest BCUT2D eigenvalue weighted by Crippen LogP contribution is -2.47. The Balaban J connectivity index is 2.14. The highest BCUT2D eigenvalue weighted by Crippen LogP contribution is 2.23. The average molecular weight is 254 g/mol. The number of hydrogen-bond donors (Lipinski definition) is 2. The highest BCUT2D eigenvalue weighted by molar-refractivity contribution is 5.81. The molecule has 1 amide bonds. The second kappa shape index (κ2) is 8.52. The first-order valence-corrected chi connectivity index (χ1v) is 7.67. The van der Waals surface area contributed by atoms with Gasteiger partial charge < -0.3 is 10.6 Å². The summed E-state index contributed by atoms with van der Waals surface area (Å²) in [6, 6.07) is 0.489. The van der Waals surface area contributed by atoms with Gasteiger partial charge in [0.2, 0.25) is 5.91 Å². The Morgan fingerprint density at radius 2 is 1.89 bits per heavy atom. The van der Waals surface area contributed by atoms with E-state index >= 15 is 0 Å². The molecule has 0 aliphatic heterocycles. The van der Waals surface area contributed by atoms with Gasteiger partial charge in [0.15, 0.2) is 0 Å². The van der Waals surface area contributed by atoms with Gasteiger partial charge >= 0.3 is 0 Å². The van der Waals surface area contributed by atoms with Gasteiger partial charge in [-0.1, -0.05) is 26.7 Å². The van der Waals surface area contributed by atoms with Gasteiger partial charge in [0.05, 0.1) is 6.04 Å². The van der Waals surface area contributed by atoms with Crippen LogP contribution in [0.4, 0.5) is 0 Å². The third-order valence-corrected chi connectivity index (χ3v) is 3.97. The van der Waals surface area contributed by atoms with Crippen LogP contribution >= 0.6 is 0 Å². The SMILES string of the molecule is CCCCCNC(=O)C(C)NC1CCC(C)CC1. The number of carbonyl (C=O) groups is 1. The van der Waals surface area contributed by atoms with Crippen molar-refractivity contribution < 1.29 is 4.79 Å². The van der Waals surface area contributed by atoms with E-state index in [1.54, 1.807) is 0 Å². The summed E-state index contributed by atoms with van der Waals surface area (Å²) in [6.07, 6.45) is 8.51. The minimum atomic E-state index is -0.0509. The molecule has 3 heteroatoms. The standard InChI is InChI=1S/C15H30N2O/c1-4-5-6-11-16-15(18)13(3)17-14-9-7-12(2)8-10-14/h12-14,17H,4-11H2,1-3H3,(H,16,18). The fraction of sp³-hybridized carbons (Fsp3) is 0.933. The number of hydrogen-bond acceptors (Lipinski definition) is 2. The number of amides is 1. The lowest BCUT2D eigenvalue weighted by atomic mass is 9.87. The summed E-state index contributed by atoms with van der Waals surface area (Å²) in [5.41, 5.74) is 0. The maximum absolute atomic E-state index is 11.9. The molecule has 0 bridgehead atoms. The van der Waals surface area contributed by atoms with E-state index in [4.69, 9.17) is 0 Å². The van der Waals surface area contributed by atoms with Crippen molar-refractivity contribution in [1.29, 1.82) is 0 Å². The van der Waals surface area contributed by atoms with Crippen molar-refractivity contribution in [3.8, 4) is 0 Å². The molecule has 1 aliphatic rings. The lowest BCUT2D eigenvalue weighted by molar-refractivity contribution is -0.123. The van der Waals surface area contributed by atoms with Crippen molar-refractivity contribution >= 4 is 5.91 Å². The van der Waals surface area contributed by atoms with E-state index in [2.05, 4.69) is 24.5 Å². The third-order valence-electron chi connectivity index (χ3n) is 3.97. The molecule has 0 aromatic carbocycles. The number of rotatable bonds is 7. The summed E-state index contributed by atoms with van der Waals surface area (Å²) >= 11 is 0. The molecule has 0 saturated heterocycles. The van der Waals surface area contributed by atoms with Gasteiger partial charge in [-0.05, 0) is 44.9 Å². The van der Waals surface area contributed by atoms with E-state index in [0.717, 1.165) is 18.9 Å². The maximum atomic E-state index is 11.9. The fourth-order valence-electron chi connectivity index (χ4n) is 2.60. The van der Waals surface area contributed by atoms with E-state index in [1.165, 1.54) is 38.5 Å². The van der Waals surface area contributed by atoms with E-state index < -0.39 is 0 Å². The molecule has 106 valence electrons. The topological polar surface area (TPSA) is 41.1 Å². The Kier molecular flexibility index (Phi) is 7.33. The summed E-state index contributed by atoms with van der Waals surface area (Å²) in [7, 11) is 0. The third kappa shape index (κ3) is 5.85. The summed E-state index contributed by atoms with van der Waals surface area (Å²) in [4.78, 5) is 11.9. The molecule has 0 spiro atoms. The zero-order chi connectivity index (χ0) is 13.4. The highest BCUT2D eigenvalue weighted by Gasteiger charge is 2.21. The molecule has 0 aromatic heterocycles. The van der Waals surface area contributed by atoms with E-state index in [9.17, 15) is 4.79 Å². The number of carbonyl (C=O) groups excluding carboxylic acids is 1. The number of nitrogens with one attached hydrogen (secondary N) is 2. The van der Waals surface area contributed by atoms with Gasteiger partial charge in [-0.2, -0.15) is 0 Å². The van der Waals surface area contributed by atoms with Crippen LogP contribution in [0.15, 0.2) is 0 Å². The molecule has 1 saturated carbocycles. The Labute approximate surface area is 112 Å². The maximum Gasteiger partial charge on any atom is 0.236 e.